The van der Waals surface area contributed by atoms with Crippen LogP contribution in [0.25, 0.3) is 0 Å². The molecule has 2 saturated heterocycles. The lowest BCUT2D eigenvalue weighted by molar-refractivity contribution is -0.159. The largest absolute Gasteiger partial charge is 0.453 e. The van der Waals surface area contributed by atoms with E-state index >= 15 is 0 Å². The number of esters is 1. The van der Waals surface area contributed by atoms with Crippen LogP contribution in [0.15, 0.2) is 12.2 Å². The SMILES string of the molecule is C=C(C(=O)OC1COC2C(OCOC)COC12)C(F)(F)F. The molecule has 2 aliphatic heterocycles. The summed E-state index contributed by atoms with van der Waals surface area (Å²) in [7, 11) is 1.45. The smallest absolute Gasteiger partial charge is 0.422 e. The quantitative estimate of drug-likeness (QED) is 0.425. The molecule has 0 bridgehead atoms. The molecule has 4 unspecified atom stereocenters. The van der Waals surface area contributed by atoms with E-state index in [2.05, 4.69) is 6.58 Å². The highest BCUT2D eigenvalue weighted by molar-refractivity contribution is 5.89. The Morgan fingerprint density at radius 2 is 1.81 bits per heavy atom. The van der Waals surface area contributed by atoms with Crippen LogP contribution in [0.3, 0.4) is 0 Å². The Morgan fingerprint density at radius 1 is 1.24 bits per heavy atom. The molecule has 0 spiro atoms. The maximum absolute atomic E-state index is 12.3. The van der Waals surface area contributed by atoms with Crippen molar-refractivity contribution in [2.24, 2.45) is 0 Å². The number of rotatable bonds is 5. The van der Waals surface area contributed by atoms with Gasteiger partial charge in [0.05, 0.1) is 13.2 Å². The summed E-state index contributed by atoms with van der Waals surface area (Å²) in [4.78, 5) is 11.4. The van der Waals surface area contributed by atoms with E-state index in [0.717, 1.165) is 0 Å². The van der Waals surface area contributed by atoms with Gasteiger partial charge in [0, 0.05) is 7.11 Å². The van der Waals surface area contributed by atoms with Crippen LogP contribution < -0.4 is 0 Å². The van der Waals surface area contributed by atoms with Crippen LogP contribution in [0.5, 0.6) is 0 Å². The van der Waals surface area contributed by atoms with E-state index in [1.807, 2.05) is 0 Å². The lowest BCUT2D eigenvalue weighted by Crippen LogP contribution is -2.36. The third-order valence-corrected chi connectivity index (χ3v) is 3.21. The van der Waals surface area contributed by atoms with Gasteiger partial charge in [0.25, 0.3) is 0 Å². The van der Waals surface area contributed by atoms with Crippen molar-refractivity contribution in [3.8, 4) is 0 Å². The highest BCUT2D eigenvalue weighted by Crippen LogP contribution is 2.32. The Hall–Kier alpha value is -1.16. The zero-order valence-corrected chi connectivity index (χ0v) is 11.2. The molecule has 2 rings (SSSR count). The highest BCUT2D eigenvalue weighted by Gasteiger charge is 2.51. The van der Waals surface area contributed by atoms with Gasteiger partial charge in [-0.25, -0.2) is 4.79 Å². The molecule has 120 valence electrons. The number of hydrogen-bond donors (Lipinski definition) is 0. The van der Waals surface area contributed by atoms with Crippen molar-refractivity contribution in [2.75, 3.05) is 27.1 Å². The van der Waals surface area contributed by atoms with Crippen molar-refractivity contribution in [2.45, 2.75) is 30.6 Å². The van der Waals surface area contributed by atoms with Crippen molar-refractivity contribution < 1.29 is 41.7 Å². The predicted molar refractivity (Wildman–Crippen MR) is 61.3 cm³/mol. The van der Waals surface area contributed by atoms with E-state index in [1.165, 1.54) is 7.11 Å². The molecule has 0 radical (unpaired) electrons. The van der Waals surface area contributed by atoms with Gasteiger partial charge < -0.3 is 23.7 Å². The Balaban J connectivity index is 1.90. The normalized spacial score (nSPS) is 32.0. The number of halogens is 3. The molecular formula is C12H15F3O6. The number of methoxy groups -OCH3 is 1. The minimum absolute atomic E-state index is 0.0376. The Kier molecular flexibility index (Phi) is 4.87. The summed E-state index contributed by atoms with van der Waals surface area (Å²) >= 11 is 0. The Labute approximate surface area is 118 Å². The number of carbonyl (C=O) groups is 1. The fourth-order valence-electron chi connectivity index (χ4n) is 2.15. The third kappa shape index (κ3) is 3.54. The minimum Gasteiger partial charge on any atom is -0.453 e. The lowest BCUT2D eigenvalue weighted by atomic mass is 10.1. The van der Waals surface area contributed by atoms with Crippen LogP contribution in [0.2, 0.25) is 0 Å². The second-order valence-electron chi connectivity index (χ2n) is 4.63. The first-order valence-corrected chi connectivity index (χ1v) is 6.15. The molecular weight excluding hydrogens is 297 g/mol. The molecule has 21 heavy (non-hydrogen) atoms. The van der Waals surface area contributed by atoms with Gasteiger partial charge in [-0.05, 0) is 0 Å². The molecule has 4 atom stereocenters. The maximum Gasteiger partial charge on any atom is 0.422 e. The second kappa shape index (κ2) is 6.30. The predicted octanol–water partition coefficient (Wildman–Crippen LogP) is 0.803. The van der Waals surface area contributed by atoms with Crippen LogP contribution in [0, 0.1) is 0 Å². The van der Waals surface area contributed by atoms with Crippen molar-refractivity contribution in [1.82, 2.24) is 0 Å². The molecule has 0 amide bonds. The van der Waals surface area contributed by atoms with E-state index in [-0.39, 0.29) is 20.0 Å². The van der Waals surface area contributed by atoms with E-state index in [0.29, 0.717) is 0 Å². The van der Waals surface area contributed by atoms with Crippen molar-refractivity contribution in [3.05, 3.63) is 12.2 Å². The Morgan fingerprint density at radius 3 is 2.38 bits per heavy atom. The molecule has 6 nitrogen and oxygen atoms in total. The number of ether oxygens (including phenoxy) is 5. The zero-order valence-electron chi connectivity index (χ0n) is 11.2. The van der Waals surface area contributed by atoms with E-state index in [1.54, 1.807) is 0 Å². The van der Waals surface area contributed by atoms with Gasteiger partial charge in [-0.2, -0.15) is 13.2 Å². The summed E-state index contributed by atoms with van der Waals surface area (Å²) in [6, 6.07) is 0. The fraction of sp³-hybridized carbons (Fsp3) is 0.750. The molecule has 0 aromatic rings. The monoisotopic (exact) mass is 312 g/mol. The van der Waals surface area contributed by atoms with Crippen molar-refractivity contribution in [1.29, 1.82) is 0 Å². The summed E-state index contributed by atoms with van der Waals surface area (Å²) in [5.41, 5.74) is -1.56. The second-order valence-corrected chi connectivity index (χ2v) is 4.63. The topological polar surface area (TPSA) is 63.2 Å². The first-order chi connectivity index (χ1) is 9.84. The summed E-state index contributed by atoms with van der Waals surface area (Å²) < 4.78 is 62.6. The molecule has 2 aliphatic rings. The van der Waals surface area contributed by atoms with Crippen LogP contribution in [-0.4, -0.2) is 63.7 Å². The van der Waals surface area contributed by atoms with Crippen LogP contribution in [0.4, 0.5) is 13.2 Å². The zero-order chi connectivity index (χ0) is 15.6. The van der Waals surface area contributed by atoms with Gasteiger partial charge >= 0.3 is 12.1 Å². The van der Waals surface area contributed by atoms with Gasteiger partial charge in [-0.3, -0.25) is 0 Å². The molecule has 9 heteroatoms. The molecule has 0 N–H and O–H groups in total. The third-order valence-electron chi connectivity index (χ3n) is 3.21. The first kappa shape index (κ1) is 16.2. The summed E-state index contributed by atoms with van der Waals surface area (Å²) in [6.45, 7) is 2.86. The molecule has 0 aliphatic carbocycles. The maximum atomic E-state index is 12.3. The van der Waals surface area contributed by atoms with Gasteiger partial charge in [-0.15, -0.1) is 0 Å². The van der Waals surface area contributed by atoms with E-state index in [4.69, 9.17) is 23.7 Å². The van der Waals surface area contributed by atoms with Gasteiger partial charge in [-0.1, -0.05) is 6.58 Å². The highest BCUT2D eigenvalue weighted by atomic mass is 19.4. The first-order valence-electron chi connectivity index (χ1n) is 6.15. The van der Waals surface area contributed by atoms with Crippen molar-refractivity contribution in [3.63, 3.8) is 0 Å². The molecule has 0 aromatic carbocycles. The molecule has 2 heterocycles. The standard InChI is InChI=1S/C12H15F3O6/c1-6(12(13,14)15)11(16)21-8-4-19-9-7(20-5-17-2)3-18-10(8)9/h7-10H,1,3-5H2,2H3. The van der Waals surface area contributed by atoms with Crippen LogP contribution >= 0.6 is 0 Å². The van der Waals surface area contributed by atoms with E-state index in [9.17, 15) is 18.0 Å². The number of carbonyl (C=O) groups excluding carboxylic acids is 1. The molecule has 2 fully saturated rings. The van der Waals surface area contributed by atoms with Gasteiger partial charge in [0.15, 0.2) is 6.10 Å². The average Bonchev–Trinajstić information content (AvgIpc) is 2.97. The summed E-state index contributed by atoms with van der Waals surface area (Å²) in [5, 5.41) is 0. The van der Waals surface area contributed by atoms with Crippen LogP contribution in [-0.2, 0) is 28.5 Å². The summed E-state index contributed by atoms with van der Waals surface area (Å²) in [5.74, 6) is -1.53. The lowest BCUT2D eigenvalue weighted by Gasteiger charge is -2.18. The van der Waals surface area contributed by atoms with E-state index < -0.39 is 42.1 Å². The average molecular weight is 312 g/mol. The van der Waals surface area contributed by atoms with Gasteiger partial charge in [0.2, 0.25) is 0 Å². The molecule has 0 aromatic heterocycles. The number of alkyl halides is 3. The van der Waals surface area contributed by atoms with Gasteiger partial charge in [0.1, 0.15) is 30.7 Å². The Bertz CT molecular complexity index is 410. The minimum atomic E-state index is -4.82. The molecule has 0 saturated carbocycles. The van der Waals surface area contributed by atoms with Crippen molar-refractivity contribution >= 4 is 5.97 Å². The number of fused-ring (bicyclic) bond motifs is 1. The van der Waals surface area contributed by atoms with Crippen LogP contribution in [0.1, 0.15) is 0 Å². The fourth-order valence-corrected chi connectivity index (χ4v) is 2.15. The summed E-state index contributed by atoms with van der Waals surface area (Å²) in [6.07, 6.45) is -7.31. The number of hydrogen-bond acceptors (Lipinski definition) is 6.